The van der Waals surface area contributed by atoms with E-state index in [0.717, 1.165) is 23.7 Å². The molecule has 3 rings (SSSR count). The molecule has 1 aliphatic heterocycles. The Morgan fingerprint density at radius 1 is 1.22 bits per heavy atom. The molecule has 0 bridgehead atoms. The molecule has 2 heterocycles. The number of rotatable bonds is 4. The molecule has 1 aromatic heterocycles. The first-order valence-corrected chi connectivity index (χ1v) is 9.21. The summed E-state index contributed by atoms with van der Waals surface area (Å²) < 4.78 is 28.6. The van der Waals surface area contributed by atoms with Crippen LogP contribution >= 0.6 is 0 Å². The number of nitrogens with zero attached hydrogens (tertiary/aromatic N) is 2. The van der Waals surface area contributed by atoms with Crippen LogP contribution in [0.4, 0.5) is 0 Å². The van der Waals surface area contributed by atoms with Gasteiger partial charge in [-0.3, -0.25) is 4.79 Å². The summed E-state index contributed by atoms with van der Waals surface area (Å²) in [6, 6.07) is 6.59. The Morgan fingerprint density at radius 3 is 2.57 bits per heavy atom. The van der Waals surface area contributed by atoms with Crippen molar-refractivity contribution in [2.75, 3.05) is 20.1 Å². The van der Waals surface area contributed by atoms with Crippen LogP contribution in [-0.2, 0) is 14.8 Å². The van der Waals surface area contributed by atoms with Crippen molar-refractivity contribution in [3.05, 3.63) is 30.5 Å². The van der Waals surface area contributed by atoms with Crippen LogP contribution in [0.25, 0.3) is 10.9 Å². The number of amides is 1. The van der Waals surface area contributed by atoms with Gasteiger partial charge in [0.1, 0.15) is 6.04 Å². The highest BCUT2D eigenvalue weighted by Gasteiger charge is 2.27. The average molecular weight is 335 g/mol. The van der Waals surface area contributed by atoms with Crippen LogP contribution in [0.2, 0.25) is 0 Å². The van der Waals surface area contributed by atoms with E-state index in [1.54, 1.807) is 25.2 Å². The molecule has 1 atom stereocenters. The van der Waals surface area contributed by atoms with Gasteiger partial charge in [-0.15, -0.1) is 0 Å². The molecule has 0 saturated carbocycles. The molecule has 1 fully saturated rings. The van der Waals surface area contributed by atoms with Gasteiger partial charge in [0.25, 0.3) is 0 Å². The lowest BCUT2D eigenvalue weighted by atomic mass is 10.2. The maximum absolute atomic E-state index is 12.6. The Hall–Kier alpha value is -1.86. The topological polar surface area (TPSA) is 71.4 Å². The molecule has 0 spiro atoms. The summed E-state index contributed by atoms with van der Waals surface area (Å²) in [5.41, 5.74) is 0.849. The van der Waals surface area contributed by atoms with Crippen molar-refractivity contribution < 1.29 is 13.2 Å². The fourth-order valence-electron chi connectivity index (χ4n) is 3.05. The van der Waals surface area contributed by atoms with E-state index in [-0.39, 0.29) is 11.9 Å². The molecule has 1 aliphatic rings. The van der Waals surface area contributed by atoms with E-state index in [9.17, 15) is 13.2 Å². The largest absolute Gasteiger partial charge is 0.357 e. The highest BCUT2D eigenvalue weighted by atomic mass is 32.2. The molecule has 2 aromatic rings. The third-order valence-electron chi connectivity index (χ3n) is 4.44. The molecule has 7 heteroatoms. The Bertz CT molecular complexity index is 835. The van der Waals surface area contributed by atoms with Gasteiger partial charge in [0.05, 0.1) is 4.90 Å². The Balaban J connectivity index is 2.00. The van der Waals surface area contributed by atoms with Crippen molar-refractivity contribution in [1.29, 1.82) is 0 Å². The van der Waals surface area contributed by atoms with E-state index in [0.29, 0.717) is 18.0 Å². The predicted molar refractivity (Wildman–Crippen MR) is 88.7 cm³/mol. The van der Waals surface area contributed by atoms with Crippen molar-refractivity contribution in [3.8, 4) is 0 Å². The third kappa shape index (κ3) is 2.74. The summed E-state index contributed by atoms with van der Waals surface area (Å²) in [4.78, 5) is 12.1. The summed E-state index contributed by atoms with van der Waals surface area (Å²) in [5, 5.41) is 3.45. The van der Waals surface area contributed by atoms with Crippen LogP contribution in [0.15, 0.2) is 35.4 Å². The van der Waals surface area contributed by atoms with Crippen molar-refractivity contribution in [2.45, 2.75) is 30.7 Å². The van der Waals surface area contributed by atoms with Crippen LogP contribution in [0, 0.1) is 0 Å². The second kappa shape index (κ2) is 5.98. The molecule has 0 aliphatic carbocycles. The smallest absolute Gasteiger partial charge is 0.243 e. The number of nitrogens with one attached hydrogen (secondary N) is 1. The normalized spacial score (nSPS) is 17.5. The van der Waals surface area contributed by atoms with E-state index >= 15 is 0 Å². The number of hydrogen-bond acceptors (Lipinski definition) is 3. The number of hydrogen-bond donors (Lipinski definition) is 1. The second-order valence-electron chi connectivity index (χ2n) is 5.85. The van der Waals surface area contributed by atoms with Crippen LogP contribution < -0.4 is 5.32 Å². The summed E-state index contributed by atoms with van der Waals surface area (Å²) in [6.45, 7) is 3.00. The molecular formula is C16H21N3O3S. The first-order chi connectivity index (χ1) is 10.9. The van der Waals surface area contributed by atoms with Gasteiger partial charge in [0.2, 0.25) is 15.9 Å². The Labute approximate surface area is 136 Å². The highest BCUT2D eigenvalue weighted by molar-refractivity contribution is 7.89. The molecule has 1 saturated heterocycles. The standard InChI is InChI=1S/C16H21N3O3S/c1-12(16(20)17-2)19-10-7-13-11-14(5-6-15(13)19)23(21,22)18-8-3-4-9-18/h5-7,10-12H,3-4,8-9H2,1-2H3,(H,17,20). The minimum atomic E-state index is -3.42. The van der Waals surface area contributed by atoms with Gasteiger partial charge in [-0.2, -0.15) is 4.31 Å². The highest BCUT2D eigenvalue weighted by Crippen LogP contribution is 2.26. The number of likely N-dealkylation sites (N-methyl/N-ethyl adjacent to an activating group) is 1. The van der Waals surface area contributed by atoms with Crippen LogP contribution in [-0.4, -0.2) is 43.3 Å². The van der Waals surface area contributed by atoms with Crippen LogP contribution in [0.1, 0.15) is 25.8 Å². The van der Waals surface area contributed by atoms with Crippen molar-refractivity contribution in [3.63, 3.8) is 0 Å². The van der Waals surface area contributed by atoms with Crippen molar-refractivity contribution in [2.24, 2.45) is 0 Å². The maximum atomic E-state index is 12.6. The molecule has 1 N–H and O–H groups in total. The SMILES string of the molecule is CNC(=O)C(C)n1ccc2cc(S(=O)(=O)N3CCCC3)ccc21. The molecule has 124 valence electrons. The van der Waals surface area contributed by atoms with Gasteiger partial charge in [0, 0.05) is 37.2 Å². The van der Waals surface area contributed by atoms with E-state index in [1.165, 1.54) is 4.31 Å². The Morgan fingerprint density at radius 2 is 1.91 bits per heavy atom. The lowest BCUT2D eigenvalue weighted by molar-refractivity contribution is -0.123. The van der Waals surface area contributed by atoms with E-state index in [2.05, 4.69) is 5.32 Å². The first-order valence-electron chi connectivity index (χ1n) is 7.77. The summed E-state index contributed by atoms with van der Waals surface area (Å²) in [7, 11) is -1.81. The number of carbonyl (C=O) groups excluding carboxylic acids is 1. The maximum Gasteiger partial charge on any atom is 0.243 e. The lowest BCUT2D eigenvalue weighted by Crippen LogP contribution is -2.28. The van der Waals surface area contributed by atoms with E-state index < -0.39 is 10.0 Å². The summed E-state index contributed by atoms with van der Waals surface area (Å²) in [5.74, 6) is -0.0868. The minimum absolute atomic E-state index is 0.0868. The molecule has 1 unspecified atom stereocenters. The second-order valence-corrected chi connectivity index (χ2v) is 7.78. The van der Waals surface area contributed by atoms with Gasteiger partial charge < -0.3 is 9.88 Å². The van der Waals surface area contributed by atoms with Gasteiger partial charge in [-0.05, 0) is 44.0 Å². The van der Waals surface area contributed by atoms with Gasteiger partial charge >= 0.3 is 0 Å². The Kier molecular flexibility index (Phi) is 4.16. The lowest BCUT2D eigenvalue weighted by Gasteiger charge is -2.16. The zero-order valence-electron chi connectivity index (χ0n) is 13.3. The molecule has 23 heavy (non-hydrogen) atoms. The van der Waals surface area contributed by atoms with Crippen LogP contribution in [0.5, 0.6) is 0 Å². The van der Waals surface area contributed by atoms with Crippen molar-refractivity contribution in [1.82, 2.24) is 14.2 Å². The molecular weight excluding hydrogens is 314 g/mol. The summed E-state index contributed by atoms with van der Waals surface area (Å²) in [6.07, 6.45) is 3.65. The zero-order valence-corrected chi connectivity index (χ0v) is 14.1. The molecule has 1 amide bonds. The molecule has 0 radical (unpaired) electrons. The monoisotopic (exact) mass is 335 g/mol. The summed E-state index contributed by atoms with van der Waals surface area (Å²) >= 11 is 0. The predicted octanol–water partition coefficient (Wildman–Crippen LogP) is 1.73. The fourth-order valence-corrected chi connectivity index (χ4v) is 4.61. The third-order valence-corrected chi connectivity index (χ3v) is 6.33. The zero-order chi connectivity index (χ0) is 16.6. The number of aromatic nitrogens is 1. The number of fused-ring (bicyclic) bond motifs is 1. The van der Waals surface area contributed by atoms with Crippen molar-refractivity contribution >= 4 is 26.8 Å². The average Bonchev–Trinajstić information content (AvgIpc) is 3.22. The first kappa shape index (κ1) is 16.0. The van der Waals surface area contributed by atoms with Gasteiger partial charge in [-0.1, -0.05) is 0 Å². The fraction of sp³-hybridized carbons (Fsp3) is 0.438. The van der Waals surface area contributed by atoms with Gasteiger partial charge in [-0.25, -0.2) is 8.42 Å². The van der Waals surface area contributed by atoms with E-state index in [1.807, 2.05) is 23.8 Å². The van der Waals surface area contributed by atoms with E-state index in [4.69, 9.17) is 0 Å². The molecule has 1 aromatic carbocycles. The number of benzene rings is 1. The number of carbonyl (C=O) groups is 1. The van der Waals surface area contributed by atoms with Gasteiger partial charge in [0.15, 0.2) is 0 Å². The quantitative estimate of drug-likeness (QED) is 0.925. The molecule has 6 nitrogen and oxygen atoms in total. The van der Waals surface area contributed by atoms with Crippen LogP contribution in [0.3, 0.4) is 0 Å². The number of sulfonamides is 1. The minimum Gasteiger partial charge on any atom is -0.357 e.